The van der Waals surface area contributed by atoms with Crippen LogP contribution in [0.1, 0.15) is 36.6 Å². The van der Waals surface area contributed by atoms with E-state index in [1.165, 1.54) is 0 Å². The van der Waals surface area contributed by atoms with E-state index in [1.54, 1.807) is 0 Å². The van der Waals surface area contributed by atoms with Crippen LogP contribution in [0.2, 0.25) is 0 Å². The number of H-pyrrole nitrogens is 1. The maximum atomic E-state index is 11.5. The Balaban J connectivity index is 2.59. The molecule has 0 saturated carbocycles. The van der Waals surface area contributed by atoms with Crippen molar-refractivity contribution in [1.82, 2.24) is 15.5 Å². The van der Waals surface area contributed by atoms with Gasteiger partial charge in [-0.1, -0.05) is 13.8 Å². The van der Waals surface area contributed by atoms with Crippen LogP contribution in [0.25, 0.3) is 0 Å². The Morgan fingerprint density at radius 3 is 2.86 bits per heavy atom. The average molecular weight is 193 g/mol. The molecule has 1 aromatic rings. The molecule has 0 amide bonds. The maximum Gasteiger partial charge on any atom is 0.267 e. The predicted octanol–water partition coefficient (Wildman–Crippen LogP) is 0.539. The molecule has 1 aliphatic rings. The molecule has 4 heteroatoms. The van der Waals surface area contributed by atoms with Crippen LogP contribution in [0.5, 0.6) is 0 Å². The molecule has 0 aromatic carbocycles. The number of aromatic nitrogens is 2. The molecule has 1 aromatic heterocycles. The first-order chi connectivity index (χ1) is 6.70. The number of nitrogens with one attached hydrogen (secondary N) is 2. The van der Waals surface area contributed by atoms with E-state index in [1.807, 2.05) is 0 Å². The molecular formula is C10H15N3O. The van der Waals surface area contributed by atoms with E-state index < -0.39 is 0 Å². The molecule has 4 nitrogen and oxygen atoms in total. The Labute approximate surface area is 82.7 Å². The van der Waals surface area contributed by atoms with Gasteiger partial charge in [0.15, 0.2) is 0 Å². The van der Waals surface area contributed by atoms with Crippen LogP contribution in [0, 0.1) is 0 Å². The highest BCUT2D eigenvalue weighted by atomic mass is 16.1. The van der Waals surface area contributed by atoms with Gasteiger partial charge in [-0.25, -0.2) is 5.10 Å². The van der Waals surface area contributed by atoms with Gasteiger partial charge in [-0.3, -0.25) is 4.79 Å². The fraction of sp³-hybridized carbons (Fsp3) is 0.600. The van der Waals surface area contributed by atoms with Crippen molar-refractivity contribution >= 4 is 0 Å². The van der Waals surface area contributed by atoms with E-state index in [0.29, 0.717) is 5.92 Å². The molecule has 0 radical (unpaired) electrons. The van der Waals surface area contributed by atoms with Crippen molar-refractivity contribution in [2.45, 2.75) is 32.7 Å². The largest absolute Gasteiger partial charge is 0.312 e. The standard InChI is InChI=1S/C10H15N3O/c1-6(2)9-8-5-11-4-3-7(8)10(14)13-12-9/h6,11H,3-5H2,1-2H3,(H,13,14). The van der Waals surface area contributed by atoms with Crippen LogP contribution < -0.4 is 10.9 Å². The predicted molar refractivity (Wildman–Crippen MR) is 54.4 cm³/mol. The molecule has 0 fully saturated rings. The number of rotatable bonds is 1. The Kier molecular flexibility index (Phi) is 2.37. The summed E-state index contributed by atoms with van der Waals surface area (Å²) in [6, 6.07) is 0. The minimum atomic E-state index is -0.0223. The van der Waals surface area contributed by atoms with Crippen LogP contribution >= 0.6 is 0 Å². The van der Waals surface area contributed by atoms with Crippen molar-refractivity contribution in [3.8, 4) is 0 Å². The third kappa shape index (κ3) is 1.46. The van der Waals surface area contributed by atoms with E-state index in [9.17, 15) is 4.79 Å². The topological polar surface area (TPSA) is 57.8 Å². The van der Waals surface area contributed by atoms with Crippen molar-refractivity contribution in [1.29, 1.82) is 0 Å². The van der Waals surface area contributed by atoms with Crippen molar-refractivity contribution in [3.63, 3.8) is 0 Å². The van der Waals surface area contributed by atoms with Gasteiger partial charge in [0, 0.05) is 12.1 Å². The van der Waals surface area contributed by atoms with Crippen molar-refractivity contribution in [2.75, 3.05) is 6.54 Å². The van der Waals surface area contributed by atoms with Gasteiger partial charge in [0.1, 0.15) is 0 Å². The lowest BCUT2D eigenvalue weighted by Crippen LogP contribution is -2.32. The normalized spacial score (nSPS) is 15.6. The fourth-order valence-electron chi connectivity index (χ4n) is 1.90. The number of aromatic amines is 1. The van der Waals surface area contributed by atoms with Gasteiger partial charge < -0.3 is 5.32 Å². The van der Waals surface area contributed by atoms with E-state index in [2.05, 4.69) is 29.4 Å². The summed E-state index contributed by atoms with van der Waals surface area (Å²) >= 11 is 0. The third-order valence-electron chi connectivity index (χ3n) is 2.63. The second-order valence-electron chi connectivity index (χ2n) is 3.98. The molecule has 0 spiro atoms. The smallest absolute Gasteiger partial charge is 0.267 e. The summed E-state index contributed by atoms with van der Waals surface area (Å²) in [5.41, 5.74) is 3.02. The zero-order valence-corrected chi connectivity index (χ0v) is 8.55. The van der Waals surface area contributed by atoms with E-state index in [-0.39, 0.29) is 5.56 Å². The summed E-state index contributed by atoms with van der Waals surface area (Å²) in [4.78, 5) is 11.5. The van der Waals surface area contributed by atoms with E-state index in [4.69, 9.17) is 0 Å². The fourth-order valence-corrected chi connectivity index (χ4v) is 1.90. The first-order valence-electron chi connectivity index (χ1n) is 5.01. The summed E-state index contributed by atoms with van der Waals surface area (Å²) in [6.07, 6.45) is 0.812. The van der Waals surface area contributed by atoms with Crippen molar-refractivity contribution in [3.05, 3.63) is 27.2 Å². The number of nitrogens with zero attached hydrogens (tertiary/aromatic N) is 1. The minimum Gasteiger partial charge on any atom is -0.312 e. The number of hydrogen-bond acceptors (Lipinski definition) is 3. The molecule has 0 saturated heterocycles. The average Bonchev–Trinajstić information content (AvgIpc) is 2.18. The summed E-state index contributed by atoms with van der Waals surface area (Å²) in [5, 5.41) is 9.96. The Bertz CT molecular complexity index is 395. The Morgan fingerprint density at radius 1 is 1.36 bits per heavy atom. The highest BCUT2D eigenvalue weighted by Gasteiger charge is 2.18. The second kappa shape index (κ2) is 3.53. The van der Waals surface area contributed by atoms with Crippen LogP contribution in [-0.2, 0) is 13.0 Å². The molecule has 0 atom stereocenters. The third-order valence-corrected chi connectivity index (χ3v) is 2.63. The quantitative estimate of drug-likeness (QED) is 0.684. The molecule has 2 heterocycles. The molecule has 0 aliphatic carbocycles. The summed E-state index contributed by atoms with van der Waals surface area (Å²) in [5.74, 6) is 0.362. The lowest BCUT2D eigenvalue weighted by molar-refractivity contribution is 0.607. The summed E-state index contributed by atoms with van der Waals surface area (Å²) in [6.45, 7) is 5.85. The zero-order chi connectivity index (χ0) is 10.1. The second-order valence-corrected chi connectivity index (χ2v) is 3.98. The van der Waals surface area contributed by atoms with Crippen LogP contribution in [0.4, 0.5) is 0 Å². The molecule has 0 unspecified atom stereocenters. The molecule has 76 valence electrons. The molecule has 2 N–H and O–H groups in total. The number of hydrogen-bond donors (Lipinski definition) is 2. The lowest BCUT2D eigenvalue weighted by atomic mass is 9.96. The molecule has 2 rings (SSSR count). The SMILES string of the molecule is CC(C)c1n[nH]c(=O)c2c1CNCC2. The Morgan fingerprint density at radius 2 is 2.14 bits per heavy atom. The molecule has 0 bridgehead atoms. The first-order valence-corrected chi connectivity index (χ1v) is 5.01. The van der Waals surface area contributed by atoms with Crippen LogP contribution in [-0.4, -0.2) is 16.7 Å². The highest BCUT2D eigenvalue weighted by Crippen LogP contribution is 2.19. The van der Waals surface area contributed by atoms with Gasteiger partial charge in [0.2, 0.25) is 0 Å². The van der Waals surface area contributed by atoms with Gasteiger partial charge in [0.25, 0.3) is 5.56 Å². The lowest BCUT2D eigenvalue weighted by Gasteiger charge is -2.19. The monoisotopic (exact) mass is 193 g/mol. The molecular weight excluding hydrogens is 178 g/mol. The van der Waals surface area contributed by atoms with E-state index in [0.717, 1.165) is 36.3 Å². The summed E-state index contributed by atoms with van der Waals surface area (Å²) in [7, 11) is 0. The van der Waals surface area contributed by atoms with Gasteiger partial charge in [-0.15, -0.1) is 0 Å². The highest BCUT2D eigenvalue weighted by molar-refractivity contribution is 5.31. The van der Waals surface area contributed by atoms with Gasteiger partial charge in [-0.2, -0.15) is 5.10 Å². The zero-order valence-electron chi connectivity index (χ0n) is 8.55. The van der Waals surface area contributed by atoms with Gasteiger partial charge >= 0.3 is 0 Å². The first kappa shape index (κ1) is 9.40. The molecule has 1 aliphatic heterocycles. The van der Waals surface area contributed by atoms with Gasteiger partial charge in [-0.05, 0) is 24.4 Å². The van der Waals surface area contributed by atoms with E-state index >= 15 is 0 Å². The van der Waals surface area contributed by atoms with Crippen molar-refractivity contribution < 1.29 is 0 Å². The van der Waals surface area contributed by atoms with Crippen LogP contribution in [0.3, 0.4) is 0 Å². The maximum absolute atomic E-state index is 11.5. The van der Waals surface area contributed by atoms with Gasteiger partial charge in [0.05, 0.1) is 5.69 Å². The summed E-state index contributed by atoms with van der Waals surface area (Å²) < 4.78 is 0. The number of fused-ring (bicyclic) bond motifs is 1. The van der Waals surface area contributed by atoms with Crippen molar-refractivity contribution in [2.24, 2.45) is 0 Å². The Hall–Kier alpha value is -1.16. The van der Waals surface area contributed by atoms with Crippen LogP contribution in [0.15, 0.2) is 4.79 Å². The molecule has 14 heavy (non-hydrogen) atoms. The minimum absolute atomic E-state index is 0.0223.